The summed E-state index contributed by atoms with van der Waals surface area (Å²) in [4.78, 5) is 17.1. The highest BCUT2D eigenvalue weighted by atomic mass is 16.7. The van der Waals surface area contributed by atoms with E-state index in [0.29, 0.717) is 28.9 Å². The van der Waals surface area contributed by atoms with Crippen molar-refractivity contribution in [2.24, 2.45) is 0 Å². The number of carbonyl (C=O) groups is 1. The van der Waals surface area contributed by atoms with E-state index in [1.807, 2.05) is 0 Å². The molecule has 1 aromatic heterocycles. The van der Waals surface area contributed by atoms with E-state index >= 15 is 0 Å². The smallest absolute Gasteiger partial charge is 0.320 e. The fraction of sp³-hybridized carbons (Fsp3) is 0.500. The maximum Gasteiger partial charge on any atom is 0.320 e. The van der Waals surface area contributed by atoms with Gasteiger partial charge in [0.25, 0.3) is 0 Å². The Morgan fingerprint density at radius 1 is 1.12 bits per heavy atom. The molecule has 8 heteroatoms. The molecule has 2 heterocycles. The molecule has 1 fully saturated rings. The molecule has 0 unspecified atom stereocenters. The Hall–Kier alpha value is -2.77. The molecule has 138 valence electrons. The first kappa shape index (κ1) is 16.7. The summed E-state index contributed by atoms with van der Waals surface area (Å²) >= 11 is 0. The number of nitrogens with one attached hydrogen (secondary N) is 2. The van der Waals surface area contributed by atoms with Crippen LogP contribution in [0.3, 0.4) is 0 Å². The van der Waals surface area contributed by atoms with Crippen molar-refractivity contribution in [1.82, 2.24) is 15.5 Å². The van der Waals surface area contributed by atoms with Crippen LogP contribution in [0.2, 0.25) is 0 Å². The zero-order chi connectivity index (χ0) is 18.0. The van der Waals surface area contributed by atoms with Gasteiger partial charge in [0.2, 0.25) is 12.7 Å². The van der Waals surface area contributed by atoms with E-state index in [1.165, 1.54) is 0 Å². The van der Waals surface area contributed by atoms with Crippen molar-refractivity contribution in [1.29, 1.82) is 0 Å². The number of fused-ring (bicyclic) bond motifs is 1. The van der Waals surface area contributed by atoms with E-state index in [4.69, 9.17) is 14.0 Å². The number of aromatic nitrogens is 2. The lowest BCUT2D eigenvalue weighted by molar-refractivity contribution is 0.174. The fourth-order valence-electron chi connectivity index (χ4n) is 3.58. The van der Waals surface area contributed by atoms with Crippen LogP contribution in [0.15, 0.2) is 22.7 Å². The molecule has 8 nitrogen and oxygen atoms in total. The first-order valence-corrected chi connectivity index (χ1v) is 8.94. The van der Waals surface area contributed by atoms with Crippen LogP contribution in [-0.2, 0) is 5.54 Å². The second kappa shape index (κ2) is 6.86. The lowest BCUT2D eigenvalue weighted by Gasteiger charge is -2.30. The summed E-state index contributed by atoms with van der Waals surface area (Å²) in [6.07, 6.45) is 5.89. The molecule has 2 aromatic rings. The number of anilines is 1. The Kier molecular flexibility index (Phi) is 4.40. The average Bonchev–Trinajstić information content (AvgIpc) is 3.20. The Balaban J connectivity index is 1.52. The van der Waals surface area contributed by atoms with Crippen molar-refractivity contribution in [3.8, 4) is 11.5 Å². The largest absolute Gasteiger partial charge is 0.454 e. The number of ether oxygens (including phenoxy) is 2. The highest BCUT2D eigenvalue weighted by Crippen LogP contribution is 2.36. The van der Waals surface area contributed by atoms with Gasteiger partial charge in [0.05, 0.1) is 0 Å². The van der Waals surface area contributed by atoms with Gasteiger partial charge in [-0.25, -0.2) is 4.79 Å². The summed E-state index contributed by atoms with van der Waals surface area (Å²) < 4.78 is 15.8. The zero-order valence-electron chi connectivity index (χ0n) is 14.7. The summed E-state index contributed by atoms with van der Waals surface area (Å²) in [6.45, 7) is 1.96. The number of benzene rings is 1. The molecule has 0 atom stereocenters. The molecule has 4 rings (SSSR count). The van der Waals surface area contributed by atoms with Crippen LogP contribution in [0.1, 0.15) is 50.2 Å². The maximum absolute atomic E-state index is 12.7. The van der Waals surface area contributed by atoms with E-state index < -0.39 is 5.54 Å². The third-order valence-electron chi connectivity index (χ3n) is 4.90. The standard InChI is InChI=1S/C18H22N4O4/c1-12-19-16(22-26-12)18(8-4-2-3-5-9-18)21-17(23)20-13-6-7-14-15(10-13)25-11-24-14/h6-7,10H,2-5,8-9,11H2,1H3,(H2,20,21,23). The van der Waals surface area contributed by atoms with Crippen molar-refractivity contribution >= 4 is 11.7 Å². The van der Waals surface area contributed by atoms with E-state index in [9.17, 15) is 4.79 Å². The predicted molar refractivity (Wildman–Crippen MR) is 93.1 cm³/mol. The van der Waals surface area contributed by atoms with E-state index in [0.717, 1.165) is 38.5 Å². The van der Waals surface area contributed by atoms with E-state index in [1.54, 1.807) is 25.1 Å². The number of aryl methyl sites for hydroxylation is 1. The summed E-state index contributed by atoms with van der Waals surface area (Å²) in [5.41, 5.74) is 0.0362. The first-order chi connectivity index (χ1) is 12.6. The van der Waals surface area contributed by atoms with Gasteiger partial charge >= 0.3 is 6.03 Å². The lowest BCUT2D eigenvalue weighted by atomic mass is 9.89. The van der Waals surface area contributed by atoms with Gasteiger partial charge in [0.1, 0.15) is 5.54 Å². The molecule has 26 heavy (non-hydrogen) atoms. The summed E-state index contributed by atoms with van der Waals surface area (Å²) in [7, 11) is 0. The Morgan fingerprint density at radius 2 is 1.88 bits per heavy atom. The van der Waals surface area contributed by atoms with Crippen molar-refractivity contribution in [2.75, 3.05) is 12.1 Å². The number of urea groups is 1. The average molecular weight is 358 g/mol. The van der Waals surface area contributed by atoms with Crippen LogP contribution in [0.4, 0.5) is 10.5 Å². The van der Waals surface area contributed by atoms with Crippen molar-refractivity contribution in [2.45, 2.75) is 51.0 Å². The molecule has 2 amide bonds. The van der Waals surface area contributed by atoms with Gasteiger partial charge in [-0.3, -0.25) is 0 Å². The molecular weight excluding hydrogens is 336 g/mol. The SMILES string of the molecule is Cc1nc(C2(NC(=O)Nc3ccc4c(c3)OCO4)CCCCCC2)no1. The van der Waals surface area contributed by atoms with Crippen molar-refractivity contribution in [3.05, 3.63) is 29.9 Å². The molecule has 2 aliphatic rings. The highest BCUT2D eigenvalue weighted by Gasteiger charge is 2.38. The predicted octanol–water partition coefficient (Wildman–Crippen LogP) is 3.48. The van der Waals surface area contributed by atoms with Gasteiger partial charge in [-0.05, 0) is 25.0 Å². The molecule has 2 N–H and O–H groups in total. The molecule has 1 aromatic carbocycles. The third-order valence-corrected chi connectivity index (χ3v) is 4.90. The molecule has 0 saturated heterocycles. The zero-order valence-corrected chi connectivity index (χ0v) is 14.7. The number of hydrogen-bond acceptors (Lipinski definition) is 6. The van der Waals surface area contributed by atoms with Crippen LogP contribution in [0, 0.1) is 6.92 Å². The van der Waals surface area contributed by atoms with Crippen LogP contribution in [0.25, 0.3) is 0 Å². The van der Waals surface area contributed by atoms with Gasteiger partial charge in [-0.15, -0.1) is 0 Å². The van der Waals surface area contributed by atoms with Gasteiger partial charge < -0.3 is 24.6 Å². The van der Waals surface area contributed by atoms with Crippen LogP contribution in [0.5, 0.6) is 11.5 Å². The molecule has 1 aliphatic carbocycles. The van der Waals surface area contributed by atoms with Crippen molar-refractivity contribution < 1.29 is 18.8 Å². The van der Waals surface area contributed by atoms with Gasteiger partial charge in [-0.1, -0.05) is 30.8 Å². The summed E-state index contributed by atoms with van der Waals surface area (Å²) in [5.74, 6) is 2.36. The molecule has 1 aliphatic heterocycles. The molecule has 0 bridgehead atoms. The van der Waals surface area contributed by atoms with Crippen LogP contribution >= 0.6 is 0 Å². The number of hydrogen-bond donors (Lipinski definition) is 2. The molecule has 0 spiro atoms. The van der Waals surface area contributed by atoms with Crippen LogP contribution < -0.4 is 20.1 Å². The maximum atomic E-state index is 12.7. The first-order valence-electron chi connectivity index (χ1n) is 8.94. The number of amides is 2. The van der Waals surface area contributed by atoms with E-state index in [-0.39, 0.29) is 12.8 Å². The second-order valence-electron chi connectivity index (χ2n) is 6.78. The van der Waals surface area contributed by atoms with Crippen molar-refractivity contribution in [3.63, 3.8) is 0 Å². The topological polar surface area (TPSA) is 98.5 Å². The van der Waals surface area contributed by atoms with E-state index in [2.05, 4.69) is 20.8 Å². The fourth-order valence-corrected chi connectivity index (χ4v) is 3.58. The number of carbonyl (C=O) groups excluding carboxylic acids is 1. The van der Waals surface area contributed by atoms with Gasteiger partial charge in [0, 0.05) is 18.7 Å². The van der Waals surface area contributed by atoms with Gasteiger partial charge in [0.15, 0.2) is 17.3 Å². The molecular formula is C18H22N4O4. The van der Waals surface area contributed by atoms with Gasteiger partial charge in [-0.2, -0.15) is 4.98 Å². The normalized spacial score (nSPS) is 18.2. The number of rotatable bonds is 3. The second-order valence-corrected chi connectivity index (χ2v) is 6.78. The minimum atomic E-state index is -0.602. The summed E-state index contributed by atoms with van der Waals surface area (Å²) in [6, 6.07) is 5.01. The molecule has 0 radical (unpaired) electrons. The highest BCUT2D eigenvalue weighted by molar-refractivity contribution is 5.90. The Bertz CT molecular complexity index is 796. The molecule has 1 saturated carbocycles. The number of nitrogens with zero attached hydrogens (tertiary/aromatic N) is 2. The van der Waals surface area contributed by atoms with Crippen LogP contribution in [-0.4, -0.2) is 23.0 Å². The Labute approximate surface area is 151 Å². The minimum absolute atomic E-state index is 0.200. The summed E-state index contributed by atoms with van der Waals surface area (Å²) in [5, 5.41) is 10.1. The lowest BCUT2D eigenvalue weighted by Crippen LogP contribution is -2.48. The quantitative estimate of drug-likeness (QED) is 0.815. The monoisotopic (exact) mass is 358 g/mol. The third kappa shape index (κ3) is 3.31. The Morgan fingerprint density at radius 3 is 2.62 bits per heavy atom. The minimum Gasteiger partial charge on any atom is -0.454 e.